The van der Waals surface area contributed by atoms with E-state index in [9.17, 15) is 0 Å². The number of imidazole rings is 1. The molecule has 0 atom stereocenters. The molecule has 0 bridgehead atoms. The fourth-order valence-electron chi connectivity index (χ4n) is 4.32. The van der Waals surface area contributed by atoms with Crippen molar-refractivity contribution >= 4 is 21.9 Å². The number of aromatic nitrogens is 4. The maximum absolute atomic E-state index is 4.88. The van der Waals surface area contributed by atoms with Gasteiger partial charge in [-0.15, -0.1) is 71.8 Å². The number of pyridine rings is 2. The second-order valence-electron chi connectivity index (χ2n) is 8.38. The Hall–Kier alpha value is -4.44. The summed E-state index contributed by atoms with van der Waals surface area (Å²) in [7, 11) is 0. The normalized spacial score (nSPS) is 10.4. The predicted octanol–water partition coefficient (Wildman–Crippen LogP) is 7.59. The third-order valence-electron chi connectivity index (χ3n) is 6.00. The molecular weight excluding hydrogens is 645 g/mol. The Bertz CT molecular complexity index is 1710. The van der Waals surface area contributed by atoms with Crippen LogP contribution in [0.15, 0.2) is 134 Å². The Morgan fingerprint density at radius 1 is 0.579 bits per heavy atom. The first-order chi connectivity index (χ1) is 18.4. The van der Waals surface area contributed by atoms with E-state index in [-0.39, 0.29) is 20.1 Å². The number of hydrogen-bond acceptors (Lipinski definition) is 3. The van der Waals surface area contributed by atoms with E-state index in [1.54, 1.807) is 6.20 Å². The van der Waals surface area contributed by atoms with Crippen LogP contribution in [0.4, 0.5) is 0 Å². The van der Waals surface area contributed by atoms with Gasteiger partial charge in [-0.25, -0.2) is 0 Å². The van der Waals surface area contributed by atoms with Gasteiger partial charge in [0, 0.05) is 37.4 Å². The minimum absolute atomic E-state index is 0. The summed E-state index contributed by atoms with van der Waals surface area (Å²) in [6.45, 7) is 0. The van der Waals surface area contributed by atoms with Crippen LogP contribution in [0.25, 0.3) is 50.3 Å². The van der Waals surface area contributed by atoms with E-state index in [1.807, 2.05) is 109 Å². The average Bonchev–Trinajstić information content (AvgIpc) is 3.40. The molecule has 0 saturated heterocycles. The van der Waals surface area contributed by atoms with Gasteiger partial charge >= 0.3 is 0 Å². The molecule has 0 aliphatic rings. The summed E-state index contributed by atoms with van der Waals surface area (Å²) >= 11 is 0. The van der Waals surface area contributed by atoms with Gasteiger partial charge in [-0.2, -0.15) is 0 Å². The summed E-state index contributed by atoms with van der Waals surface area (Å²) in [5.41, 5.74) is 6.98. The molecule has 0 N–H and O–H groups in total. The monoisotopic (exact) mass is 667 g/mol. The first-order valence-corrected chi connectivity index (χ1v) is 12.1. The zero-order chi connectivity index (χ0) is 24.9. The average molecular weight is 667 g/mol. The number of hydrogen-bond donors (Lipinski definition) is 0. The standard InChI is InChI=1S/C22H14N3.C11H8N.Ir/c1-3-9-16(10-4-1)22-24-20-15-23-19-14-8-7-13-18(19)21(20)25(22)17-11-5-2-6-12-17;1-2-6-10(7-3-1)11-8-4-5-9-12-11;/h1-9,11-15H;1-6,8-9H;/q2*-1;. The van der Waals surface area contributed by atoms with Gasteiger partial charge in [0.25, 0.3) is 0 Å². The minimum Gasteiger partial charge on any atom is -0.333 e. The summed E-state index contributed by atoms with van der Waals surface area (Å²) in [6, 6.07) is 46.6. The molecule has 7 aromatic rings. The first kappa shape index (κ1) is 25.2. The molecule has 38 heavy (non-hydrogen) atoms. The number of para-hydroxylation sites is 2. The van der Waals surface area contributed by atoms with Crippen LogP contribution >= 0.6 is 0 Å². The van der Waals surface area contributed by atoms with E-state index < -0.39 is 0 Å². The quantitative estimate of drug-likeness (QED) is 0.183. The topological polar surface area (TPSA) is 43.6 Å². The van der Waals surface area contributed by atoms with E-state index in [4.69, 9.17) is 4.98 Å². The molecule has 0 aliphatic heterocycles. The zero-order valence-corrected chi connectivity index (χ0v) is 22.7. The van der Waals surface area contributed by atoms with E-state index in [2.05, 4.69) is 44.9 Å². The maximum Gasteiger partial charge on any atom is 0.0964 e. The van der Waals surface area contributed by atoms with Crippen LogP contribution in [-0.2, 0) is 20.1 Å². The van der Waals surface area contributed by atoms with Crippen LogP contribution in [-0.4, -0.2) is 19.5 Å². The number of nitrogens with zero attached hydrogens (tertiary/aromatic N) is 4. The van der Waals surface area contributed by atoms with Crippen molar-refractivity contribution in [3.05, 3.63) is 146 Å². The largest absolute Gasteiger partial charge is 0.333 e. The van der Waals surface area contributed by atoms with Crippen molar-refractivity contribution in [2.24, 2.45) is 0 Å². The van der Waals surface area contributed by atoms with Crippen molar-refractivity contribution in [3.8, 4) is 28.3 Å². The molecule has 0 unspecified atom stereocenters. The van der Waals surface area contributed by atoms with Crippen LogP contribution in [0.2, 0.25) is 0 Å². The van der Waals surface area contributed by atoms with Gasteiger partial charge in [0.05, 0.1) is 28.6 Å². The Labute approximate surface area is 235 Å². The Morgan fingerprint density at radius 3 is 1.97 bits per heavy atom. The van der Waals surface area contributed by atoms with Crippen molar-refractivity contribution in [3.63, 3.8) is 0 Å². The SMILES string of the molecule is [Ir].[c-]1ccccc1-c1ccccn1.[c-]1ccccc1-c1nc2cnc3ccccc3c2n1-c1ccccc1. The van der Waals surface area contributed by atoms with Gasteiger partial charge in [-0.3, -0.25) is 9.97 Å². The molecule has 1 radical (unpaired) electrons. The molecule has 0 spiro atoms. The molecule has 185 valence electrons. The fraction of sp³-hybridized carbons (Fsp3) is 0. The second kappa shape index (κ2) is 11.7. The Kier molecular flexibility index (Phi) is 7.79. The van der Waals surface area contributed by atoms with Crippen LogP contribution < -0.4 is 0 Å². The zero-order valence-electron chi connectivity index (χ0n) is 20.3. The van der Waals surface area contributed by atoms with E-state index in [1.165, 1.54) is 0 Å². The molecule has 3 heterocycles. The molecule has 7 rings (SSSR count). The van der Waals surface area contributed by atoms with Gasteiger partial charge in [0.2, 0.25) is 0 Å². The Morgan fingerprint density at radius 2 is 1.26 bits per heavy atom. The molecule has 0 aliphatic carbocycles. The van der Waals surface area contributed by atoms with Crippen molar-refractivity contribution < 1.29 is 20.1 Å². The van der Waals surface area contributed by atoms with Gasteiger partial charge < -0.3 is 9.55 Å². The first-order valence-electron chi connectivity index (χ1n) is 12.1. The smallest absolute Gasteiger partial charge is 0.0964 e. The molecular formula is C33H22IrN4-2. The molecule has 5 heteroatoms. The molecule has 0 fully saturated rings. The van der Waals surface area contributed by atoms with Crippen molar-refractivity contribution in [1.82, 2.24) is 19.5 Å². The van der Waals surface area contributed by atoms with E-state index in [0.717, 1.165) is 50.3 Å². The molecule has 4 aromatic carbocycles. The van der Waals surface area contributed by atoms with Gasteiger partial charge in [0.15, 0.2) is 0 Å². The van der Waals surface area contributed by atoms with E-state index in [0.29, 0.717) is 0 Å². The molecule has 4 nitrogen and oxygen atoms in total. The molecule has 0 saturated carbocycles. The van der Waals surface area contributed by atoms with Gasteiger partial charge in [-0.05, 0) is 30.0 Å². The summed E-state index contributed by atoms with van der Waals surface area (Å²) < 4.78 is 2.20. The maximum atomic E-state index is 4.88. The van der Waals surface area contributed by atoms with Crippen LogP contribution in [0, 0.1) is 12.1 Å². The van der Waals surface area contributed by atoms with Crippen LogP contribution in [0.5, 0.6) is 0 Å². The summed E-state index contributed by atoms with van der Waals surface area (Å²) in [6.07, 6.45) is 3.64. The fourth-order valence-corrected chi connectivity index (χ4v) is 4.32. The van der Waals surface area contributed by atoms with Crippen LogP contribution in [0.3, 0.4) is 0 Å². The second-order valence-corrected chi connectivity index (χ2v) is 8.38. The van der Waals surface area contributed by atoms with E-state index >= 15 is 0 Å². The number of benzene rings is 4. The van der Waals surface area contributed by atoms with Crippen molar-refractivity contribution in [2.45, 2.75) is 0 Å². The number of rotatable bonds is 3. The van der Waals surface area contributed by atoms with Gasteiger partial charge in [-0.1, -0.05) is 48.5 Å². The Balaban J connectivity index is 0.000000191. The number of fused-ring (bicyclic) bond motifs is 3. The molecule has 0 amide bonds. The summed E-state index contributed by atoms with van der Waals surface area (Å²) in [4.78, 5) is 13.7. The molecule has 3 aromatic heterocycles. The van der Waals surface area contributed by atoms with Crippen molar-refractivity contribution in [2.75, 3.05) is 0 Å². The summed E-state index contributed by atoms with van der Waals surface area (Å²) in [5, 5.41) is 1.10. The third kappa shape index (κ3) is 5.16. The predicted molar refractivity (Wildman–Crippen MR) is 149 cm³/mol. The van der Waals surface area contributed by atoms with Gasteiger partial charge in [0.1, 0.15) is 0 Å². The summed E-state index contributed by atoms with van der Waals surface area (Å²) in [5.74, 6) is 0.875. The van der Waals surface area contributed by atoms with Crippen LogP contribution in [0.1, 0.15) is 0 Å². The third-order valence-corrected chi connectivity index (χ3v) is 6.00. The minimum atomic E-state index is 0. The van der Waals surface area contributed by atoms with Crippen molar-refractivity contribution in [1.29, 1.82) is 0 Å².